The lowest BCUT2D eigenvalue weighted by atomic mass is 9.47. The Balaban J connectivity index is 1.63. The van der Waals surface area contributed by atoms with E-state index in [0.29, 0.717) is 6.42 Å². The van der Waals surface area contributed by atoms with E-state index in [1.165, 1.54) is 14.0 Å². The van der Waals surface area contributed by atoms with Crippen LogP contribution in [0.25, 0.3) is 0 Å². The minimum absolute atomic E-state index is 0.0144. The molecular weight excluding hydrogens is 460 g/mol. The quantitative estimate of drug-likeness (QED) is 0.329. The number of carbonyl (C=O) groups is 3. The highest BCUT2D eigenvalue weighted by atomic mass is 16.6. The molecule has 1 spiro atoms. The lowest BCUT2D eigenvalue weighted by Gasteiger charge is -2.57. The lowest BCUT2D eigenvalue weighted by Crippen LogP contribution is -2.59. The van der Waals surface area contributed by atoms with E-state index in [1.807, 2.05) is 26.0 Å². The van der Waals surface area contributed by atoms with E-state index >= 15 is 0 Å². The summed E-state index contributed by atoms with van der Waals surface area (Å²) >= 11 is 0. The Bertz CT molecular complexity index is 1150. The fraction of sp³-hybridized carbons (Fsp3) is 0.621. The van der Waals surface area contributed by atoms with Crippen molar-refractivity contribution in [3.63, 3.8) is 0 Å². The van der Waals surface area contributed by atoms with Crippen LogP contribution in [0.15, 0.2) is 47.3 Å². The van der Waals surface area contributed by atoms with E-state index in [4.69, 9.17) is 18.6 Å². The van der Waals surface area contributed by atoms with Crippen LogP contribution in [0.4, 0.5) is 0 Å². The van der Waals surface area contributed by atoms with Crippen LogP contribution in [0.3, 0.4) is 0 Å². The zero-order valence-corrected chi connectivity index (χ0v) is 22.0. The average molecular weight is 497 g/mol. The Kier molecular flexibility index (Phi) is 5.49. The van der Waals surface area contributed by atoms with Gasteiger partial charge in [-0.05, 0) is 48.0 Å². The van der Waals surface area contributed by atoms with Gasteiger partial charge in [-0.15, -0.1) is 0 Å². The molecule has 0 bridgehead atoms. The average Bonchev–Trinajstić information content (AvgIpc) is 3.16. The van der Waals surface area contributed by atoms with Gasteiger partial charge in [0.2, 0.25) is 0 Å². The molecule has 3 aliphatic carbocycles. The van der Waals surface area contributed by atoms with Crippen molar-refractivity contribution in [2.45, 2.75) is 77.6 Å². The molecule has 0 unspecified atom stereocenters. The monoisotopic (exact) mass is 496 g/mol. The van der Waals surface area contributed by atoms with Crippen LogP contribution in [0.2, 0.25) is 0 Å². The lowest BCUT2D eigenvalue weighted by molar-refractivity contribution is -0.164. The fourth-order valence-electron chi connectivity index (χ4n) is 8.23. The van der Waals surface area contributed by atoms with Crippen molar-refractivity contribution in [2.75, 3.05) is 7.11 Å². The van der Waals surface area contributed by atoms with Gasteiger partial charge in [0, 0.05) is 29.1 Å². The van der Waals surface area contributed by atoms with Crippen molar-refractivity contribution in [3.8, 4) is 0 Å². The Hall–Kier alpha value is -2.67. The molecule has 0 N–H and O–H groups in total. The molecule has 7 heteroatoms. The number of ether oxygens (including phenoxy) is 3. The number of allylic oxidation sites excluding steroid dienone is 2. The number of carbonyl (C=O) groups excluding carboxylic acids is 3. The molecule has 8 atom stereocenters. The second-order valence-corrected chi connectivity index (χ2v) is 12.1. The minimum atomic E-state index is -0.823. The van der Waals surface area contributed by atoms with Gasteiger partial charge in [0.05, 0.1) is 32.2 Å². The van der Waals surface area contributed by atoms with Crippen molar-refractivity contribution < 1.29 is 33.0 Å². The molecule has 7 nitrogen and oxygen atoms in total. The number of hydrogen-bond acceptors (Lipinski definition) is 7. The van der Waals surface area contributed by atoms with E-state index in [2.05, 4.69) is 20.4 Å². The summed E-state index contributed by atoms with van der Waals surface area (Å²) in [6.07, 6.45) is 7.98. The van der Waals surface area contributed by atoms with Gasteiger partial charge in [-0.25, -0.2) is 0 Å². The molecule has 4 aliphatic rings. The Morgan fingerprint density at radius 1 is 1.22 bits per heavy atom. The van der Waals surface area contributed by atoms with Crippen LogP contribution < -0.4 is 0 Å². The van der Waals surface area contributed by atoms with Gasteiger partial charge in [-0.1, -0.05) is 40.3 Å². The molecule has 194 valence electrons. The topological polar surface area (TPSA) is 95.3 Å². The summed E-state index contributed by atoms with van der Waals surface area (Å²) in [6, 6.07) is 2.00. The van der Waals surface area contributed by atoms with Crippen molar-refractivity contribution in [2.24, 2.45) is 28.1 Å². The van der Waals surface area contributed by atoms with E-state index in [-0.39, 0.29) is 47.5 Å². The van der Waals surface area contributed by atoms with Crippen LogP contribution >= 0.6 is 0 Å². The molecule has 0 amide bonds. The molecule has 5 rings (SSSR count). The second kappa shape index (κ2) is 7.91. The van der Waals surface area contributed by atoms with Gasteiger partial charge < -0.3 is 18.6 Å². The fourth-order valence-corrected chi connectivity index (χ4v) is 8.23. The highest BCUT2D eigenvalue weighted by Gasteiger charge is 2.80. The number of esters is 2. The number of epoxide rings is 1. The summed E-state index contributed by atoms with van der Waals surface area (Å²) in [5.41, 5.74) is -0.453. The van der Waals surface area contributed by atoms with Gasteiger partial charge >= 0.3 is 11.9 Å². The number of furan rings is 1. The van der Waals surface area contributed by atoms with Gasteiger partial charge in [-0.2, -0.15) is 0 Å². The summed E-state index contributed by atoms with van der Waals surface area (Å²) in [7, 11) is 1.36. The molecule has 1 aliphatic heterocycles. The van der Waals surface area contributed by atoms with Crippen LogP contribution in [-0.2, 0) is 28.6 Å². The highest BCUT2D eigenvalue weighted by Crippen LogP contribution is 2.76. The summed E-state index contributed by atoms with van der Waals surface area (Å²) in [4.78, 5) is 38.0. The van der Waals surface area contributed by atoms with Gasteiger partial charge in [0.1, 0.15) is 11.7 Å². The normalized spacial score (nSPS) is 42.4. The molecule has 2 heterocycles. The molecule has 2 saturated carbocycles. The number of methoxy groups -OCH3 is 1. The molecule has 0 radical (unpaired) electrons. The Morgan fingerprint density at radius 2 is 1.94 bits per heavy atom. The number of rotatable bonds is 5. The highest BCUT2D eigenvalue weighted by molar-refractivity contribution is 5.96. The summed E-state index contributed by atoms with van der Waals surface area (Å²) in [5, 5.41) is 0. The van der Waals surface area contributed by atoms with Crippen molar-refractivity contribution >= 4 is 17.7 Å². The minimum Gasteiger partial charge on any atom is -0.472 e. The van der Waals surface area contributed by atoms with Gasteiger partial charge in [0.15, 0.2) is 5.78 Å². The third kappa shape index (κ3) is 3.17. The maximum absolute atomic E-state index is 13.0. The summed E-state index contributed by atoms with van der Waals surface area (Å²) in [5.74, 6) is -1.35. The van der Waals surface area contributed by atoms with Crippen molar-refractivity contribution in [1.29, 1.82) is 0 Å². The summed E-state index contributed by atoms with van der Waals surface area (Å²) < 4.78 is 23.0. The van der Waals surface area contributed by atoms with E-state index in [0.717, 1.165) is 17.6 Å². The maximum atomic E-state index is 13.0. The molecular formula is C29H36O7. The van der Waals surface area contributed by atoms with Crippen LogP contribution in [0.1, 0.15) is 65.4 Å². The summed E-state index contributed by atoms with van der Waals surface area (Å²) in [6.45, 7) is 14.0. The SMILES string of the molecule is C=C1[C@@H]([C@@]2(C)C=CC(=O)C(C)(C)[C@H]2CC(=O)OC)[C@H](OC(C)=O)C[C@@]2(C)[C@H](c3ccoc3)C[C@H]3O[C@]132. The number of ketones is 1. The Morgan fingerprint density at radius 3 is 2.56 bits per heavy atom. The molecule has 0 aromatic carbocycles. The predicted octanol–water partition coefficient (Wildman–Crippen LogP) is 4.77. The van der Waals surface area contributed by atoms with Crippen LogP contribution in [0.5, 0.6) is 0 Å². The zero-order valence-electron chi connectivity index (χ0n) is 22.0. The zero-order chi connectivity index (χ0) is 26.3. The predicted molar refractivity (Wildman–Crippen MR) is 131 cm³/mol. The first-order valence-electron chi connectivity index (χ1n) is 12.7. The van der Waals surface area contributed by atoms with Gasteiger partial charge in [0.25, 0.3) is 0 Å². The van der Waals surface area contributed by atoms with Crippen LogP contribution in [0, 0.1) is 28.1 Å². The number of hydrogen-bond donors (Lipinski definition) is 0. The Labute approximate surface area is 212 Å². The van der Waals surface area contributed by atoms with Crippen molar-refractivity contribution in [3.05, 3.63) is 48.5 Å². The van der Waals surface area contributed by atoms with Crippen molar-refractivity contribution in [1.82, 2.24) is 0 Å². The van der Waals surface area contributed by atoms with E-state index in [9.17, 15) is 14.4 Å². The van der Waals surface area contributed by atoms with Crippen LogP contribution in [-0.4, -0.2) is 42.6 Å². The smallest absolute Gasteiger partial charge is 0.305 e. The van der Waals surface area contributed by atoms with E-state index < -0.39 is 28.5 Å². The standard InChI is InChI=1S/C29H36O7/c1-16-25(27(5)10-8-22(31)26(3,4)21(27)13-24(32)33-7)20(35-17(2)30)14-28(6)19(18-9-11-34-15-18)12-23-29(16,28)36-23/h8-11,15,19-21,23,25H,1,12-14H2,2-7H3/t19-,20+,21+,23+,25+,27-,28-,29+/m0/s1. The third-order valence-corrected chi connectivity index (χ3v) is 10.0. The van der Waals surface area contributed by atoms with E-state index in [1.54, 1.807) is 18.6 Å². The maximum Gasteiger partial charge on any atom is 0.305 e. The first kappa shape index (κ1) is 25.0. The van der Waals surface area contributed by atoms with Gasteiger partial charge in [-0.3, -0.25) is 14.4 Å². The second-order valence-electron chi connectivity index (χ2n) is 12.1. The molecule has 1 aromatic rings. The molecule has 1 saturated heterocycles. The largest absolute Gasteiger partial charge is 0.472 e. The molecule has 1 aromatic heterocycles. The molecule has 36 heavy (non-hydrogen) atoms. The third-order valence-electron chi connectivity index (χ3n) is 10.0. The first-order chi connectivity index (χ1) is 16.8. The molecule has 3 fully saturated rings. The first-order valence-corrected chi connectivity index (χ1v) is 12.7.